The van der Waals surface area contributed by atoms with E-state index in [4.69, 9.17) is 15.6 Å². The summed E-state index contributed by atoms with van der Waals surface area (Å²) in [5.74, 6) is -0.759. The van der Waals surface area contributed by atoms with Gasteiger partial charge in [-0.2, -0.15) is 0 Å². The SMILES string of the molecule is COC1CCC(C(N)C(=O)O)CC1. The first kappa shape index (κ1) is 10.5. The summed E-state index contributed by atoms with van der Waals surface area (Å²) in [4.78, 5) is 10.6. The van der Waals surface area contributed by atoms with E-state index in [1.165, 1.54) is 0 Å². The lowest BCUT2D eigenvalue weighted by Crippen LogP contribution is -2.40. The molecule has 0 aromatic heterocycles. The van der Waals surface area contributed by atoms with Gasteiger partial charge in [0, 0.05) is 7.11 Å². The summed E-state index contributed by atoms with van der Waals surface area (Å²) in [5.41, 5.74) is 5.54. The Labute approximate surface area is 78.1 Å². The highest BCUT2D eigenvalue weighted by Gasteiger charge is 2.28. The maximum atomic E-state index is 10.6. The number of rotatable bonds is 3. The number of hydrogen-bond acceptors (Lipinski definition) is 3. The summed E-state index contributed by atoms with van der Waals surface area (Å²) >= 11 is 0. The Hall–Kier alpha value is -0.610. The molecule has 4 heteroatoms. The maximum absolute atomic E-state index is 10.6. The number of aliphatic carboxylic acids is 1. The smallest absolute Gasteiger partial charge is 0.320 e. The van der Waals surface area contributed by atoms with Gasteiger partial charge in [-0.3, -0.25) is 4.79 Å². The van der Waals surface area contributed by atoms with Crippen LogP contribution in [0.4, 0.5) is 0 Å². The van der Waals surface area contributed by atoms with Gasteiger partial charge in [-0.1, -0.05) is 0 Å². The van der Waals surface area contributed by atoms with Crippen LogP contribution in [-0.4, -0.2) is 30.3 Å². The summed E-state index contributed by atoms with van der Waals surface area (Å²) in [5, 5.41) is 8.70. The molecule has 0 saturated heterocycles. The second-order valence-electron chi connectivity index (χ2n) is 3.64. The number of methoxy groups -OCH3 is 1. The Morgan fingerprint density at radius 3 is 2.38 bits per heavy atom. The van der Waals surface area contributed by atoms with Gasteiger partial charge in [-0.25, -0.2) is 0 Å². The molecule has 76 valence electrons. The average molecular weight is 187 g/mol. The fourth-order valence-corrected chi connectivity index (χ4v) is 1.89. The Morgan fingerprint density at radius 1 is 1.46 bits per heavy atom. The zero-order valence-electron chi connectivity index (χ0n) is 7.90. The number of nitrogens with two attached hydrogens (primary N) is 1. The quantitative estimate of drug-likeness (QED) is 0.678. The topological polar surface area (TPSA) is 72.5 Å². The van der Waals surface area contributed by atoms with Gasteiger partial charge in [-0.05, 0) is 31.6 Å². The highest BCUT2D eigenvalue weighted by atomic mass is 16.5. The standard InChI is InChI=1S/C9H17NO3/c1-13-7-4-2-6(3-5-7)8(10)9(11)12/h6-8H,2-5,10H2,1H3,(H,11,12). The van der Waals surface area contributed by atoms with E-state index in [-0.39, 0.29) is 5.92 Å². The van der Waals surface area contributed by atoms with E-state index in [1.807, 2.05) is 0 Å². The highest BCUT2D eigenvalue weighted by molar-refractivity contribution is 5.73. The van der Waals surface area contributed by atoms with Gasteiger partial charge in [-0.15, -0.1) is 0 Å². The van der Waals surface area contributed by atoms with Crippen molar-refractivity contribution in [1.82, 2.24) is 0 Å². The molecule has 1 fully saturated rings. The summed E-state index contributed by atoms with van der Waals surface area (Å²) in [6, 6.07) is -0.696. The van der Waals surface area contributed by atoms with Crippen molar-refractivity contribution in [3.8, 4) is 0 Å². The van der Waals surface area contributed by atoms with Gasteiger partial charge >= 0.3 is 5.97 Å². The van der Waals surface area contributed by atoms with Crippen LogP contribution in [0, 0.1) is 5.92 Å². The number of carboxylic acids is 1. The van der Waals surface area contributed by atoms with Crippen LogP contribution in [0.15, 0.2) is 0 Å². The van der Waals surface area contributed by atoms with Crippen LogP contribution in [-0.2, 0) is 9.53 Å². The van der Waals surface area contributed by atoms with Gasteiger partial charge in [0.05, 0.1) is 6.10 Å². The molecule has 0 aromatic carbocycles. The number of ether oxygens (including phenoxy) is 1. The van der Waals surface area contributed by atoms with Crippen molar-refractivity contribution < 1.29 is 14.6 Å². The van der Waals surface area contributed by atoms with Gasteiger partial charge in [0.15, 0.2) is 0 Å². The molecule has 1 saturated carbocycles. The number of carbonyl (C=O) groups is 1. The molecule has 1 rings (SSSR count). The molecule has 0 radical (unpaired) electrons. The lowest BCUT2D eigenvalue weighted by Gasteiger charge is -2.29. The third-order valence-corrected chi connectivity index (χ3v) is 2.85. The second-order valence-corrected chi connectivity index (χ2v) is 3.64. The summed E-state index contributed by atoms with van der Waals surface area (Å²) in [7, 11) is 1.70. The van der Waals surface area contributed by atoms with Crippen molar-refractivity contribution in [2.45, 2.75) is 37.8 Å². The molecule has 0 bridgehead atoms. The first-order valence-corrected chi connectivity index (χ1v) is 4.66. The predicted molar refractivity (Wildman–Crippen MR) is 48.4 cm³/mol. The Bertz CT molecular complexity index is 176. The van der Waals surface area contributed by atoms with Crippen molar-refractivity contribution in [3.05, 3.63) is 0 Å². The van der Waals surface area contributed by atoms with Crippen molar-refractivity contribution in [3.63, 3.8) is 0 Å². The van der Waals surface area contributed by atoms with Crippen molar-refractivity contribution in [2.24, 2.45) is 11.7 Å². The lowest BCUT2D eigenvalue weighted by atomic mass is 9.83. The molecule has 1 atom stereocenters. The second kappa shape index (κ2) is 4.58. The minimum absolute atomic E-state index is 0.129. The zero-order valence-corrected chi connectivity index (χ0v) is 7.90. The number of carboxylic acid groups (broad SMARTS) is 1. The summed E-state index contributed by atoms with van der Waals surface area (Å²) in [6.07, 6.45) is 3.90. The Kier molecular flexibility index (Phi) is 3.69. The van der Waals surface area contributed by atoms with Crippen molar-refractivity contribution in [1.29, 1.82) is 0 Å². The van der Waals surface area contributed by atoms with Crippen LogP contribution >= 0.6 is 0 Å². The monoisotopic (exact) mass is 187 g/mol. The molecule has 13 heavy (non-hydrogen) atoms. The maximum Gasteiger partial charge on any atom is 0.320 e. The van der Waals surface area contributed by atoms with E-state index < -0.39 is 12.0 Å². The van der Waals surface area contributed by atoms with E-state index in [2.05, 4.69) is 0 Å². The third-order valence-electron chi connectivity index (χ3n) is 2.85. The van der Waals surface area contributed by atoms with Crippen molar-refractivity contribution in [2.75, 3.05) is 7.11 Å². The third kappa shape index (κ3) is 2.67. The number of hydrogen-bond donors (Lipinski definition) is 2. The Balaban J connectivity index is 2.36. The molecule has 4 nitrogen and oxygen atoms in total. The van der Waals surface area contributed by atoms with Gasteiger partial charge in [0.2, 0.25) is 0 Å². The van der Waals surface area contributed by atoms with E-state index in [9.17, 15) is 4.79 Å². The lowest BCUT2D eigenvalue weighted by molar-refractivity contribution is -0.140. The van der Waals surface area contributed by atoms with Crippen LogP contribution < -0.4 is 5.73 Å². The van der Waals surface area contributed by atoms with Crippen molar-refractivity contribution >= 4 is 5.97 Å². The van der Waals surface area contributed by atoms with Gasteiger partial charge in [0.25, 0.3) is 0 Å². The van der Waals surface area contributed by atoms with Gasteiger partial charge < -0.3 is 15.6 Å². The molecule has 1 unspecified atom stereocenters. The van der Waals surface area contributed by atoms with E-state index in [0.717, 1.165) is 25.7 Å². The molecule has 0 heterocycles. The summed E-state index contributed by atoms with van der Waals surface area (Å²) in [6.45, 7) is 0. The molecular weight excluding hydrogens is 170 g/mol. The van der Waals surface area contributed by atoms with Crippen LogP contribution in [0.3, 0.4) is 0 Å². The normalized spacial score (nSPS) is 31.2. The molecule has 0 aliphatic heterocycles. The van der Waals surface area contributed by atoms with Crippen LogP contribution in [0.1, 0.15) is 25.7 Å². The molecule has 1 aliphatic rings. The van der Waals surface area contributed by atoms with Crippen LogP contribution in [0.2, 0.25) is 0 Å². The van der Waals surface area contributed by atoms with Crippen LogP contribution in [0.5, 0.6) is 0 Å². The molecule has 1 aliphatic carbocycles. The Morgan fingerprint density at radius 2 is 2.00 bits per heavy atom. The fraction of sp³-hybridized carbons (Fsp3) is 0.889. The first-order chi connectivity index (χ1) is 6.15. The highest BCUT2D eigenvalue weighted by Crippen LogP contribution is 2.27. The molecule has 0 amide bonds. The molecule has 0 aromatic rings. The molecule has 0 spiro atoms. The van der Waals surface area contributed by atoms with E-state index in [0.29, 0.717) is 6.10 Å². The summed E-state index contributed by atoms with van der Waals surface area (Å²) < 4.78 is 5.19. The van der Waals surface area contributed by atoms with E-state index in [1.54, 1.807) is 7.11 Å². The minimum Gasteiger partial charge on any atom is -0.480 e. The van der Waals surface area contributed by atoms with Gasteiger partial charge in [0.1, 0.15) is 6.04 Å². The predicted octanol–water partition coefficient (Wildman–Crippen LogP) is 0.603. The minimum atomic E-state index is -0.888. The average Bonchev–Trinajstić information content (AvgIpc) is 2.17. The molecule has 3 N–H and O–H groups in total. The zero-order chi connectivity index (χ0) is 9.84. The van der Waals surface area contributed by atoms with E-state index >= 15 is 0 Å². The molecular formula is C9H17NO3. The fourth-order valence-electron chi connectivity index (χ4n) is 1.89. The van der Waals surface area contributed by atoms with Crippen LogP contribution in [0.25, 0.3) is 0 Å². The first-order valence-electron chi connectivity index (χ1n) is 4.66. The largest absolute Gasteiger partial charge is 0.480 e.